The molecule has 1 aliphatic heterocycles. The predicted octanol–water partition coefficient (Wildman–Crippen LogP) is 2.44. The average Bonchev–Trinajstić information content (AvgIpc) is 2.82. The normalized spacial score (nSPS) is 17.2. The number of carbonyl (C=O) groups is 1. The summed E-state index contributed by atoms with van der Waals surface area (Å²) < 4.78 is 0. The van der Waals surface area contributed by atoms with Crippen LogP contribution >= 0.6 is 11.3 Å². The summed E-state index contributed by atoms with van der Waals surface area (Å²) in [5, 5.41) is 1.02. The molecule has 0 atom stereocenters. The second-order valence-corrected chi connectivity index (χ2v) is 6.30. The van der Waals surface area contributed by atoms with Crippen molar-refractivity contribution in [1.29, 1.82) is 0 Å². The van der Waals surface area contributed by atoms with Gasteiger partial charge in [0.2, 0.25) is 0 Å². The molecule has 0 radical (unpaired) electrons. The van der Waals surface area contributed by atoms with Crippen LogP contribution in [-0.2, 0) is 6.42 Å². The topological polar surface area (TPSA) is 36.4 Å². The molecule has 0 saturated carbocycles. The lowest BCUT2D eigenvalue weighted by Gasteiger charge is -2.36. The van der Waals surface area contributed by atoms with Gasteiger partial charge in [-0.1, -0.05) is 24.7 Å². The van der Waals surface area contributed by atoms with Gasteiger partial charge in [0.05, 0.1) is 10.6 Å². The Bertz CT molecular complexity index is 422. The van der Waals surface area contributed by atoms with E-state index >= 15 is 0 Å². The molecule has 0 N–H and O–H groups in total. The molecule has 0 bridgehead atoms. The monoisotopic (exact) mass is 281 g/mol. The summed E-state index contributed by atoms with van der Waals surface area (Å²) >= 11 is 1.54. The first kappa shape index (κ1) is 14.5. The van der Waals surface area contributed by atoms with Crippen LogP contribution < -0.4 is 4.90 Å². The second kappa shape index (κ2) is 6.48. The fourth-order valence-corrected chi connectivity index (χ4v) is 3.40. The van der Waals surface area contributed by atoms with Gasteiger partial charge in [0, 0.05) is 32.2 Å². The van der Waals surface area contributed by atoms with Crippen LogP contribution in [0.1, 0.15) is 42.6 Å². The summed E-state index contributed by atoms with van der Waals surface area (Å²) in [5.41, 5.74) is 0.976. The lowest BCUT2D eigenvalue weighted by molar-refractivity contribution is 0.112. The number of thiazole rings is 1. The number of nitrogens with zero attached hydrogens (tertiary/aromatic N) is 3. The Morgan fingerprint density at radius 1 is 1.32 bits per heavy atom. The molecule has 0 unspecified atom stereocenters. The number of aryl methyl sites for hydroxylation is 1. The molecule has 5 heteroatoms. The minimum Gasteiger partial charge on any atom is -0.346 e. The summed E-state index contributed by atoms with van der Waals surface area (Å²) in [4.78, 5) is 21.3. The van der Waals surface area contributed by atoms with Gasteiger partial charge in [-0.25, -0.2) is 4.98 Å². The van der Waals surface area contributed by atoms with E-state index < -0.39 is 0 Å². The van der Waals surface area contributed by atoms with Gasteiger partial charge in [0.1, 0.15) is 0 Å². The molecule has 106 valence electrons. The SMILES string of the molecule is CCCc1nc(N2CCN(C(C)C)CC2)sc1C=O. The maximum Gasteiger partial charge on any atom is 0.186 e. The van der Waals surface area contributed by atoms with E-state index in [2.05, 4.69) is 35.6 Å². The van der Waals surface area contributed by atoms with Crippen LogP contribution in [0.5, 0.6) is 0 Å². The molecule has 1 aromatic rings. The number of aromatic nitrogens is 1. The highest BCUT2D eigenvalue weighted by atomic mass is 32.1. The number of anilines is 1. The molecule has 19 heavy (non-hydrogen) atoms. The van der Waals surface area contributed by atoms with Gasteiger partial charge >= 0.3 is 0 Å². The zero-order valence-electron chi connectivity index (χ0n) is 12.1. The number of piperazine rings is 1. The Hall–Kier alpha value is -0.940. The minimum absolute atomic E-state index is 0.611. The van der Waals surface area contributed by atoms with Gasteiger partial charge in [0.25, 0.3) is 0 Å². The van der Waals surface area contributed by atoms with E-state index in [9.17, 15) is 4.79 Å². The van der Waals surface area contributed by atoms with Gasteiger partial charge in [0.15, 0.2) is 11.4 Å². The highest BCUT2D eigenvalue weighted by Crippen LogP contribution is 2.27. The van der Waals surface area contributed by atoms with Crippen LogP contribution in [0.25, 0.3) is 0 Å². The molecule has 0 aliphatic carbocycles. The molecule has 1 fully saturated rings. The third-order valence-electron chi connectivity index (χ3n) is 3.63. The van der Waals surface area contributed by atoms with Gasteiger partial charge in [-0.15, -0.1) is 0 Å². The zero-order chi connectivity index (χ0) is 13.8. The molecular formula is C14H23N3OS. The third kappa shape index (κ3) is 3.34. The van der Waals surface area contributed by atoms with E-state index in [4.69, 9.17) is 0 Å². The Balaban J connectivity index is 2.05. The highest BCUT2D eigenvalue weighted by Gasteiger charge is 2.22. The summed E-state index contributed by atoms with van der Waals surface area (Å²) in [6.45, 7) is 10.8. The van der Waals surface area contributed by atoms with Gasteiger partial charge in [-0.05, 0) is 20.3 Å². The van der Waals surface area contributed by atoms with Crippen LogP contribution in [0.4, 0.5) is 5.13 Å². The molecule has 1 aliphatic rings. The van der Waals surface area contributed by atoms with Gasteiger partial charge < -0.3 is 4.90 Å². The number of rotatable bonds is 5. The summed E-state index contributed by atoms with van der Waals surface area (Å²) in [5.74, 6) is 0. The molecule has 0 spiro atoms. The summed E-state index contributed by atoms with van der Waals surface area (Å²) in [6.07, 6.45) is 2.89. The predicted molar refractivity (Wildman–Crippen MR) is 80.4 cm³/mol. The van der Waals surface area contributed by atoms with Gasteiger partial charge in [-0.3, -0.25) is 9.69 Å². The molecular weight excluding hydrogens is 258 g/mol. The molecule has 2 rings (SSSR count). The average molecular weight is 281 g/mol. The molecule has 4 nitrogen and oxygen atoms in total. The van der Waals surface area contributed by atoms with Crippen molar-refractivity contribution in [2.75, 3.05) is 31.1 Å². The Kier molecular flexibility index (Phi) is 4.93. The Morgan fingerprint density at radius 2 is 2.00 bits per heavy atom. The fraction of sp³-hybridized carbons (Fsp3) is 0.714. The molecule has 1 saturated heterocycles. The van der Waals surface area contributed by atoms with Gasteiger partial charge in [-0.2, -0.15) is 0 Å². The van der Waals surface area contributed by atoms with E-state index in [-0.39, 0.29) is 0 Å². The summed E-state index contributed by atoms with van der Waals surface area (Å²) in [7, 11) is 0. The molecule has 0 amide bonds. The van der Waals surface area contributed by atoms with Crippen molar-refractivity contribution in [3.8, 4) is 0 Å². The minimum atomic E-state index is 0.611. The van der Waals surface area contributed by atoms with Crippen molar-refractivity contribution in [1.82, 2.24) is 9.88 Å². The van der Waals surface area contributed by atoms with E-state index in [1.165, 1.54) is 0 Å². The van der Waals surface area contributed by atoms with Crippen molar-refractivity contribution in [3.05, 3.63) is 10.6 Å². The Labute approximate surface area is 119 Å². The van der Waals surface area contributed by atoms with E-state index in [0.717, 1.165) is 61.0 Å². The second-order valence-electron chi connectivity index (χ2n) is 5.29. The van der Waals surface area contributed by atoms with Crippen LogP contribution in [0.3, 0.4) is 0 Å². The van der Waals surface area contributed by atoms with Crippen molar-refractivity contribution in [2.45, 2.75) is 39.7 Å². The molecule has 1 aromatic heterocycles. The van der Waals surface area contributed by atoms with Crippen LogP contribution in [0, 0.1) is 0 Å². The van der Waals surface area contributed by atoms with Crippen LogP contribution in [0.2, 0.25) is 0 Å². The maximum atomic E-state index is 11.1. The number of hydrogen-bond acceptors (Lipinski definition) is 5. The maximum absolute atomic E-state index is 11.1. The number of carbonyl (C=O) groups excluding carboxylic acids is 1. The van der Waals surface area contributed by atoms with Crippen LogP contribution in [0.15, 0.2) is 0 Å². The van der Waals surface area contributed by atoms with Crippen molar-refractivity contribution < 1.29 is 4.79 Å². The smallest absolute Gasteiger partial charge is 0.186 e. The largest absolute Gasteiger partial charge is 0.346 e. The van der Waals surface area contributed by atoms with E-state index in [1.54, 1.807) is 11.3 Å². The highest BCUT2D eigenvalue weighted by molar-refractivity contribution is 7.17. The number of hydrogen-bond donors (Lipinski definition) is 0. The van der Waals surface area contributed by atoms with Crippen molar-refractivity contribution in [3.63, 3.8) is 0 Å². The standard InChI is InChI=1S/C14H23N3OS/c1-4-5-12-13(10-18)19-14(15-12)17-8-6-16(7-9-17)11(2)3/h10-11H,4-9H2,1-3H3. The molecule has 2 heterocycles. The third-order valence-corrected chi connectivity index (χ3v) is 4.71. The molecule has 0 aromatic carbocycles. The first-order valence-corrected chi connectivity index (χ1v) is 7.91. The fourth-order valence-electron chi connectivity index (χ4n) is 2.42. The first-order chi connectivity index (χ1) is 9.15. The van der Waals surface area contributed by atoms with Crippen molar-refractivity contribution in [2.24, 2.45) is 0 Å². The van der Waals surface area contributed by atoms with E-state index in [0.29, 0.717) is 6.04 Å². The van der Waals surface area contributed by atoms with E-state index in [1.807, 2.05) is 0 Å². The zero-order valence-corrected chi connectivity index (χ0v) is 12.9. The summed E-state index contributed by atoms with van der Waals surface area (Å²) in [6, 6.07) is 0.611. The Morgan fingerprint density at radius 3 is 2.53 bits per heavy atom. The first-order valence-electron chi connectivity index (χ1n) is 7.09. The van der Waals surface area contributed by atoms with Crippen LogP contribution in [-0.4, -0.2) is 48.4 Å². The lowest BCUT2D eigenvalue weighted by atomic mass is 10.2. The number of aldehydes is 1. The lowest BCUT2D eigenvalue weighted by Crippen LogP contribution is -2.48. The quantitative estimate of drug-likeness (QED) is 0.777. The van der Waals surface area contributed by atoms with Crippen molar-refractivity contribution >= 4 is 22.8 Å².